The summed E-state index contributed by atoms with van der Waals surface area (Å²) >= 11 is 0. The van der Waals surface area contributed by atoms with Crippen LogP contribution in [0.15, 0.2) is 78.0 Å². The van der Waals surface area contributed by atoms with E-state index >= 15 is 0 Å². The molecule has 0 unspecified atom stereocenters. The number of nitrogens with zero attached hydrogens (tertiary/aromatic N) is 1. The molecule has 0 spiro atoms. The lowest BCUT2D eigenvalue weighted by Crippen LogP contribution is -2.15. The number of ether oxygens (including phenoxy) is 1. The third kappa shape index (κ3) is 3.96. The molecule has 9 heteroatoms. The van der Waals surface area contributed by atoms with Crippen LogP contribution in [-0.2, 0) is 10.0 Å². The molecule has 3 aromatic carbocycles. The number of aromatic amines is 1. The number of anilines is 2. The van der Waals surface area contributed by atoms with E-state index in [0.29, 0.717) is 22.7 Å². The number of aromatic nitrogens is 2. The predicted octanol–water partition coefficient (Wildman–Crippen LogP) is 3.62. The Kier molecular flexibility index (Phi) is 5.11. The molecule has 4 rings (SSSR count). The van der Waals surface area contributed by atoms with Crippen molar-refractivity contribution in [3.05, 3.63) is 78.6 Å². The zero-order chi connectivity index (χ0) is 21.1. The Bertz CT molecular complexity index is 1330. The van der Waals surface area contributed by atoms with Gasteiger partial charge in [-0.1, -0.05) is 18.2 Å². The second-order valence-electron chi connectivity index (χ2n) is 6.42. The van der Waals surface area contributed by atoms with Crippen LogP contribution in [0.25, 0.3) is 11.0 Å². The summed E-state index contributed by atoms with van der Waals surface area (Å²) in [4.78, 5) is 19.7. The number of imidazole rings is 1. The normalized spacial score (nSPS) is 11.2. The lowest BCUT2D eigenvalue weighted by Gasteiger charge is -2.12. The number of amides is 1. The fourth-order valence-electron chi connectivity index (χ4n) is 2.95. The second kappa shape index (κ2) is 7.88. The molecule has 0 bridgehead atoms. The minimum Gasteiger partial charge on any atom is -0.495 e. The number of carbonyl (C=O) groups excluding carboxylic acids is 1. The molecule has 0 saturated carbocycles. The van der Waals surface area contributed by atoms with Crippen molar-refractivity contribution in [2.75, 3.05) is 17.1 Å². The molecule has 152 valence electrons. The molecule has 0 aliphatic carbocycles. The molecule has 0 atom stereocenters. The highest BCUT2D eigenvalue weighted by Gasteiger charge is 2.17. The molecule has 0 aliphatic heterocycles. The number of fused-ring (bicyclic) bond motifs is 1. The first-order chi connectivity index (χ1) is 14.5. The lowest BCUT2D eigenvalue weighted by atomic mass is 10.2. The maximum absolute atomic E-state index is 12.8. The predicted molar refractivity (Wildman–Crippen MR) is 114 cm³/mol. The average molecular weight is 422 g/mol. The van der Waals surface area contributed by atoms with Gasteiger partial charge in [-0.15, -0.1) is 0 Å². The molecular weight excluding hydrogens is 404 g/mol. The van der Waals surface area contributed by atoms with Crippen molar-refractivity contribution in [3.8, 4) is 5.75 Å². The van der Waals surface area contributed by atoms with E-state index in [0.717, 1.165) is 11.0 Å². The van der Waals surface area contributed by atoms with E-state index in [1.807, 2.05) is 0 Å². The van der Waals surface area contributed by atoms with Gasteiger partial charge in [0.25, 0.3) is 15.9 Å². The van der Waals surface area contributed by atoms with Crippen LogP contribution < -0.4 is 14.8 Å². The fourth-order valence-corrected chi connectivity index (χ4v) is 4.07. The Labute approximate surface area is 173 Å². The van der Waals surface area contributed by atoms with Crippen molar-refractivity contribution in [2.45, 2.75) is 4.90 Å². The van der Waals surface area contributed by atoms with Crippen LogP contribution in [0.4, 0.5) is 11.4 Å². The van der Waals surface area contributed by atoms with Crippen LogP contribution >= 0.6 is 0 Å². The third-order valence-corrected chi connectivity index (χ3v) is 5.80. The summed E-state index contributed by atoms with van der Waals surface area (Å²) in [5, 5.41) is 2.72. The van der Waals surface area contributed by atoms with Gasteiger partial charge in [0.05, 0.1) is 35.1 Å². The average Bonchev–Trinajstić information content (AvgIpc) is 3.22. The van der Waals surface area contributed by atoms with Crippen LogP contribution in [0.1, 0.15) is 10.4 Å². The molecule has 8 nitrogen and oxygen atoms in total. The second-order valence-corrected chi connectivity index (χ2v) is 8.10. The van der Waals surface area contributed by atoms with Crippen molar-refractivity contribution < 1.29 is 17.9 Å². The van der Waals surface area contributed by atoms with Gasteiger partial charge in [0.15, 0.2) is 0 Å². The minimum atomic E-state index is -3.88. The van der Waals surface area contributed by atoms with Gasteiger partial charge in [0, 0.05) is 11.3 Å². The largest absolute Gasteiger partial charge is 0.495 e. The van der Waals surface area contributed by atoms with E-state index in [1.165, 1.54) is 19.2 Å². The molecule has 1 aromatic heterocycles. The third-order valence-electron chi connectivity index (χ3n) is 4.44. The summed E-state index contributed by atoms with van der Waals surface area (Å²) in [5.41, 5.74) is 2.59. The van der Waals surface area contributed by atoms with E-state index in [2.05, 4.69) is 20.0 Å². The van der Waals surface area contributed by atoms with Crippen LogP contribution in [0.3, 0.4) is 0 Å². The smallest absolute Gasteiger partial charge is 0.262 e. The number of carbonyl (C=O) groups is 1. The molecule has 0 radical (unpaired) electrons. The molecular formula is C21H18N4O4S. The number of para-hydroxylation sites is 2. The highest BCUT2D eigenvalue weighted by Crippen LogP contribution is 2.27. The van der Waals surface area contributed by atoms with Gasteiger partial charge >= 0.3 is 0 Å². The zero-order valence-corrected chi connectivity index (χ0v) is 16.7. The zero-order valence-electron chi connectivity index (χ0n) is 15.9. The summed E-state index contributed by atoms with van der Waals surface area (Å²) in [6.07, 6.45) is 1.55. The number of rotatable bonds is 6. The summed E-state index contributed by atoms with van der Waals surface area (Å²) in [6, 6.07) is 17.8. The van der Waals surface area contributed by atoms with Crippen LogP contribution in [0.5, 0.6) is 5.75 Å². The van der Waals surface area contributed by atoms with Crippen molar-refractivity contribution in [1.82, 2.24) is 9.97 Å². The van der Waals surface area contributed by atoms with E-state index < -0.39 is 10.0 Å². The van der Waals surface area contributed by atoms with Gasteiger partial charge < -0.3 is 15.0 Å². The first-order valence-electron chi connectivity index (χ1n) is 8.97. The highest BCUT2D eigenvalue weighted by molar-refractivity contribution is 7.92. The maximum atomic E-state index is 12.8. The Balaban J connectivity index is 1.56. The van der Waals surface area contributed by atoms with Gasteiger partial charge in [-0.3, -0.25) is 9.52 Å². The SMILES string of the molecule is COc1ccccc1NS(=O)(=O)c1cccc(NC(=O)c2ccc3nc[nH]c3c2)c1. The number of benzene rings is 3. The Morgan fingerprint density at radius 2 is 1.87 bits per heavy atom. The van der Waals surface area contributed by atoms with Gasteiger partial charge in [-0.25, -0.2) is 13.4 Å². The molecule has 1 heterocycles. The number of hydrogen-bond donors (Lipinski definition) is 3. The molecule has 3 N–H and O–H groups in total. The molecule has 0 fully saturated rings. The van der Waals surface area contributed by atoms with E-state index in [-0.39, 0.29) is 10.8 Å². The highest BCUT2D eigenvalue weighted by atomic mass is 32.2. The van der Waals surface area contributed by atoms with Gasteiger partial charge in [0.2, 0.25) is 0 Å². The Morgan fingerprint density at radius 1 is 1.03 bits per heavy atom. The monoisotopic (exact) mass is 422 g/mol. The Morgan fingerprint density at radius 3 is 2.70 bits per heavy atom. The summed E-state index contributed by atoms with van der Waals surface area (Å²) in [6.45, 7) is 0. The minimum absolute atomic E-state index is 0.00947. The summed E-state index contributed by atoms with van der Waals surface area (Å²) in [5.74, 6) is 0.0402. The number of nitrogens with one attached hydrogen (secondary N) is 3. The molecule has 30 heavy (non-hydrogen) atoms. The van der Waals surface area contributed by atoms with E-state index in [4.69, 9.17) is 4.74 Å². The molecule has 4 aromatic rings. The fraction of sp³-hybridized carbons (Fsp3) is 0.0476. The topological polar surface area (TPSA) is 113 Å². The Hall–Kier alpha value is -3.85. The first-order valence-corrected chi connectivity index (χ1v) is 10.4. The standard InChI is InChI=1S/C21H18N4O4S/c1-29-20-8-3-2-7-18(20)25-30(27,28)16-6-4-5-15(12-16)24-21(26)14-9-10-17-19(11-14)23-13-22-17/h2-13,25H,1H3,(H,22,23)(H,24,26). The molecule has 0 aliphatic rings. The summed E-state index contributed by atoms with van der Waals surface area (Å²) < 4.78 is 33.3. The van der Waals surface area contributed by atoms with E-state index in [1.54, 1.807) is 60.9 Å². The van der Waals surface area contributed by atoms with Crippen LogP contribution in [0, 0.1) is 0 Å². The van der Waals surface area contributed by atoms with Crippen LogP contribution in [-0.4, -0.2) is 31.4 Å². The van der Waals surface area contributed by atoms with Gasteiger partial charge in [0.1, 0.15) is 5.75 Å². The number of H-pyrrole nitrogens is 1. The molecule has 1 amide bonds. The van der Waals surface area contributed by atoms with Gasteiger partial charge in [-0.2, -0.15) is 0 Å². The maximum Gasteiger partial charge on any atom is 0.262 e. The quantitative estimate of drug-likeness (QED) is 0.439. The number of hydrogen-bond acceptors (Lipinski definition) is 5. The van der Waals surface area contributed by atoms with E-state index in [9.17, 15) is 13.2 Å². The van der Waals surface area contributed by atoms with Gasteiger partial charge in [-0.05, 0) is 48.5 Å². The molecule has 0 saturated heterocycles. The van der Waals surface area contributed by atoms with Crippen molar-refractivity contribution in [3.63, 3.8) is 0 Å². The van der Waals surface area contributed by atoms with Crippen molar-refractivity contribution >= 4 is 38.3 Å². The first kappa shape index (κ1) is 19.5. The lowest BCUT2D eigenvalue weighted by molar-refractivity contribution is 0.102. The summed E-state index contributed by atoms with van der Waals surface area (Å²) in [7, 11) is -2.42. The number of sulfonamides is 1. The van der Waals surface area contributed by atoms with Crippen molar-refractivity contribution in [1.29, 1.82) is 0 Å². The van der Waals surface area contributed by atoms with Crippen molar-refractivity contribution in [2.24, 2.45) is 0 Å². The van der Waals surface area contributed by atoms with Crippen LogP contribution in [0.2, 0.25) is 0 Å². The number of methoxy groups -OCH3 is 1.